The summed E-state index contributed by atoms with van der Waals surface area (Å²) in [4.78, 5) is 27.9. The van der Waals surface area contributed by atoms with Crippen LogP contribution < -0.4 is 10.2 Å². The van der Waals surface area contributed by atoms with E-state index in [1.807, 2.05) is 36.1 Å². The van der Waals surface area contributed by atoms with E-state index < -0.39 is 0 Å². The number of benzene rings is 1. The van der Waals surface area contributed by atoms with Crippen LogP contribution in [0.4, 0.5) is 10.5 Å². The number of nitrogens with one attached hydrogen (secondary N) is 1. The van der Waals surface area contributed by atoms with Crippen molar-refractivity contribution >= 4 is 17.5 Å². The van der Waals surface area contributed by atoms with Gasteiger partial charge in [-0.15, -0.1) is 0 Å². The molecule has 2 atom stereocenters. The molecule has 25 heavy (non-hydrogen) atoms. The van der Waals surface area contributed by atoms with Gasteiger partial charge in [0.2, 0.25) is 0 Å². The molecule has 2 aliphatic heterocycles. The highest BCUT2D eigenvalue weighted by Crippen LogP contribution is 2.19. The second-order valence-corrected chi connectivity index (χ2v) is 6.87. The van der Waals surface area contributed by atoms with Crippen molar-refractivity contribution in [2.45, 2.75) is 38.8 Å². The minimum absolute atomic E-state index is 0.00502. The number of anilines is 1. The summed E-state index contributed by atoms with van der Waals surface area (Å²) in [6.07, 6.45) is 2.24. The second kappa shape index (κ2) is 7.87. The highest BCUT2D eigenvalue weighted by Gasteiger charge is 2.27. The lowest BCUT2D eigenvalue weighted by Crippen LogP contribution is -2.54. The number of Topliss-reactive ketones (excluding diaryl/α,β-unsaturated/α-hetero) is 1. The maximum Gasteiger partial charge on any atom is 0.317 e. The van der Waals surface area contributed by atoms with Gasteiger partial charge in [0.25, 0.3) is 0 Å². The second-order valence-electron chi connectivity index (χ2n) is 6.87. The van der Waals surface area contributed by atoms with Crippen molar-refractivity contribution in [1.29, 1.82) is 0 Å². The summed E-state index contributed by atoms with van der Waals surface area (Å²) >= 11 is 0. The first-order chi connectivity index (χ1) is 12.0. The Morgan fingerprint density at radius 3 is 2.40 bits per heavy atom. The maximum absolute atomic E-state index is 12.4. The van der Waals surface area contributed by atoms with E-state index in [9.17, 15) is 9.59 Å². The summed E-state index contributed by atoms with van der Waals surface area (Å²) in [6.45, 7) is 7.36. The summed E-state index contributed by atoms with van der Waals surface area (Å²) in [5.41, 5.74) is 1.82. The number of carbonyl (C=O) groups is 2. The zero-order valence-electron chi connectivity index (χ0n) is 15.0. The first kappa shape index (κ1) is 17.7. The van der Waals surface area contributed by atoms with Crippen molar-refractivity contribution in [3.8, 4) is 0 Å². The predicted molar refractivity (Wildman–Crippen MR) is 97.2 cm³/mol. The van der Waals surface area contributed by atoms with Crippen LogP contribution >= 0.6 is 0 Å². The van der Waals surface area contributed by atoms with Gasteiger partial charge in [0.15, 0.2) is 5.78 Å². The zero-order valence-corrected chi connectivity index (χ0v) is 15.0. The fraction of sp³-hybridized carbons (Fsp3) is 0.579. The number of nitrogens with zero attached hydrogens (tertiary/aromatic N) is 2. The highest BCUT2D eigenvalue weighted by atomic mass is 16.5. The van der Waals surface area contributed by atoms with E-state index in [-0.39, 0.29) is 24.0 Å². The molecule has 2 unspecified atom stereocenters. The van der Waals surface area contributed by atoms with Crippen LogP contribution in [0.3, 0.4) is 0 Å². The van der Waals surface area contributed by atoms with Crippen molar-refractivity contribution in [2.24, 2.45) is 0 Å². The van der Waals surface area contributed by atoms with Gasteiger partial charge in [-0.1, -0.05) is 0 Å². The van der Waals surface area contributed by atoms with Crippen LogP contribution in [0, 0.1) is 0 Å². The Morgan fingerprint density at radius 1 is 1.16 bits per heavy atom. The molecular weight excluding hydrogens is 318 g/mol. The molecule has 3 rings (SSSR count). The Hall–Kier alpha value is -2.08. The molecule has 2 heterocycles. The standard InChI is InChI=1S/C19H27N3O3/c1-14(18-4-3-13-25-18)20-19(24)22-11-9-21(10-12-22)17-7-5-16(6-8-17)15(2)23/h5-8,14,18H,3-4,9-13H2,1-2H3,(H,20,24). The van der Waals surface area contributed by atoms with Crippen LogP contribution in [0.15, 0.2) is 24.3 Å². The molecule has 6 heteroatoms. The largest absolute Gasteiger partial charge is 0.376 e. The summed E-state index contributed by atoms with van der Waals surface area (Å²) < 4.78 is 5.64. The number of hydrogen-bond donors (Lipinski definition) is 1. The Balaban J connectivity index is 1.49. The molecule has 2 aliphatic rings. The van der Waals surface area contributed by atoms with Crippen LogP contribution in [0.5, 0.6) is 0 Å². The van der Waals surface area contributed by atoms with Crippen LogP contribution in [-0.2, 0) is 4.74 Å². The molecule has 0 saturated carbocycles. The third-order valence-electron chi connectivity index (χ3n) is 5.08. The molecule has 1 aromatic rings. The van der Waals surface area contributed by atoms with Gasteiger partial charge in [0, 0.05) is 44.0 Å². The monoisotopic (exact) mass is 345 g/mol. The fourth-order valence-electron chi connectivity index (χ4n) is 3.45. The molecule has 0 spiro atoms. The van der Waals surface area contributed by atoms with Crippen LogP contribution in [0.2, 0.25) is 0 Å². The zero-order chi connectivity index (χ0) is 17.8. The number of carbonyl (C=O) groups excluding carboxylic acids is 2. The number of ketones is 1. The quantitative estimate of drug-likeness (QED) is 0.851. The predicted octanol–water partition coefficient (Wildman–Crippen LogP) is 2.29. The van der Waals surface area contributed by atoms with Gasteiger partial charge in [0.1, 0.15) is 0 Å². The molecule has 0 radical (unpaired) electrons. The van der Waals surface area contributed by atoms with Gasteiger partial charge in [-0.25, -0.2) is 4.79 Å². The van der Waals surface area contributed by atoms with Crippen LogP contribution in [0.1, 0.15) is 37.0 Å². The van der Waals surface area contributed by atoms with Crippen LogP contribution in [-0.4, -0.2) is 61.6 Å². The van der Waals surface area contributed by atoms with E-state index in [1.54, 1.807) is 6.92 Å². The van der Waals surface area contributed by atoms with Gasteiger partial charge in [0.05, 0.1) is 12.1 Å². The first-order valence-corrected chi connectivity index (χ1v) is 9.07. The lowest BCUT2D eigenvalue weighted by Gasteiger charge is -2.37. The lowest BCUT2D eigenvalue weighted by atomic mass is 10.1. The van der Waals surface area contributed by atoms with Crippen LogP contribution in [0.25, 0.3) is 0 Å². The van der Waals surface area contributed by atoms with Gasteiger partial charge in [-0.3, -0.25) is 4.79 Å². The third-order valence-corrected chi connectivity index (χ3v) is 5.08. The Morgan fingerprint density at radius 2 is 1.84 bits per heavy atom. The molecule has 6 nitrogen and oxygen atoms in total. The van der Waals surface area contributed by atoms with Gasteiger partial charge in [-0.05, 0) is 51.0 Å². The Kier molecular flexibility index (Phi) is 5.58. The number of ether oxygens (including phenoxy) is 1. The number of hydrogen-bond acceptors (Lipinski definition) is 4. The number of piperazine rings is 1. The molecule has 136 valence electrons. The van der Waals surface area contributed by atoms with Crippen molar-refractivity contribution < 1.29 is 14.3 Å². The van der Waals surface area contributed by atoms with E-state index in [1.165, 1.54) is 0 Å². The van der Waals surface area contributed by atoms with Gasteiger partial charge in [-0.2, -0.15) is 0 Å². The lowest BCUT2D eigenvalue weighted by molar-refractivity contribution is 0.0831. The minimum atomic E-state index is -0.00502. The minimum Gasteiger partial charge on any atom is -0.376 e. The molecular formula is C19H27N3O3. The van der Waals surface area contributed by atoms with E-state index >= 15 is 0 Å². The molecule has 1 aromatic carbocycles. The van der Waals surface area contributed by atoms with Crippen molar-refractivity contribution in [3.63, 3.8) is 0 Å². The molecule has 2 saturated heterocycles. The summed E-state index contributed by atoms with van der Waals surface area (Å²) in [5.74, 6) is 0.0772. The SMILES string of the molecule is CC(=O)c1ccc(N2CCN(C(=O)NC(C)C3CCCO3)CC2)cc1. The Bertz CT molecular complexity index is 603. The molecule has 0 aromatic heterocycles. The molecule has 2 fully saturated rings. The van der Waals surface area contributed by atoms with E-state index in [0.717, 1.165) is 43.8 Å². The summed E-state index contributed by atoms with van der Waals surface area (Å²) in [6, 6.07) is 7.72. The normalized spacial score (nSPS) is 21.9. The van der Waals surface area contributed by atoms with Crippen molar-refractivity contribution in [3.05, 3.63) is 29.8 Å². The van der Waals surface area contributed by atoms with E-state index in [0.29, 0.717) is 13.1 Å². The van der Waals surface area contributed by atoms with E-state index in [2.05, 4.69) is 10.2 Å². The highest BCUT2D eigenvalue weighted by molar-refractivity contribution is 5.94. The third kappa shape index (κ3) is 4.31. The smallest absolute Gasteiger partial charge is 0.317 e. The van der Waals surface area contributed by atoms with E-state index in [4.69, 9.17) is 4.74 Å². The average molecular weight is 345 g/mol. The topological polar surface area (TPSA) is 61.9 Å². The molecule has 0 aliphatic carbocycles. The van der Waals surface area contributed by atoms with Gasteiger partial charge < -0.3 is 19.9 Å². The number of urea groups is 1. The number of amides is 2. The maximum atomic E-state index is 12.4. The summed E-state index contributed by atoms with van der Waals surface area (Å²) in [7, 11) is 0. The fourth-order valence-corrected chi connectivity index (χ4v) is 3.45. The van der Waals surface area contributed by atoms with Crippen molar-refractivity contribution in [2.75, 3.05) is 37.7 Å². The first-order valence-electron chi connectivity index (χ1n) is 9.07. The van der Waals surface area contributed by atoms with Crippen molar-refractivity contribution in [1.82, 2.24) is 10.2 Å². The Labute approximate surface area is 149 Å². The number of rotatable bonds is 4. The molecule has 1 N–H and O–H groups in total. The molecule has 0 bridgehead atoms. The van der Waals surface area contributed by atoms with Gasteiger partial charge >= 0.3 is 6.03 Å². The molecule has 2 amide bonds. The average Bonchev–Trinajstić information content (AvgIpc) is 3.17. The summed E-state index contributed by atoms with van der Waals surface area (Å²) in [5, 5.41) is 3.07.